The van der Waals surface area contributed by atoms with E-state index in [1.54, 1.807) is 12.1 Å². The normalized spacial score (nSPS) is 12.5. The van der Waals surface area contributed by atoms with E-state index in [0.29, 0.717) is 11.1 Å². The predicted octanol–water partition coefficient (Wildman–Crippen LogP) is 5.25. The van der Waals surface area contributed by atoms with E-state index in [1.807, 2.05) is 24.4 Å². The lowest BCUT2D eigenvalue weighted by Crippen LogP contribution is -2.01. The Morgan fingerprint density at radius 2 is 1.96 bits per heavy atom. The summed E-state index contributed by atoms with van der Waals surface area (Å²) in [6.07, 6.45) is 0. The second-order valence-corrected chi connectivity index (χ2v) is 6.80. The lowest BCUT2D eigenvalue weighted by atomic mass is 10.2. The molecule has 0 fully saturated rings. The Morgan fingerprint density at radius 1 is 1.17 bits per heavy atom. The van der Waals surface area contributed by atoms with Gasteiger partial charge in [-0.1, -0.05) is 30.0 Å². The molecule has 120 valence electrons. The Bertz CT molecular complexity index is 745. The lowest BCUT2D eigenvalue weighted by Gasteiger charge is -2.10. The highest BCUT2D eigenvalue weighted by molar-refractivity contribution is 7.99. The van der Waals surface area contributed by atoms with Crippen LogP contribution in [-0.4, -0.2) is 16.8 Å². The molecule has 1 atom stereocenters. The first kappa shape index (κ1) is 15.9. The maximum atomic E-state index is 12.1. The van der Waals surface area contributed by atoms with Gasteiger partial charge in [0.2, 0.25) is 0 Å². The van der Waals surface area contributed by atoms with Gasteiger partial charge in [0.1, 0.15) is 5.75 Å². The average Bonchev–Trinajstić information content (AvgIpc) is 3.18. The quantitative estimate of drug-likeness (QED) is 0.566. The van der Waals surface area contributed by atoms with Crippen LogP contribution in [0.15, 0.2) is 51.4 Å². The summed E-state index contributed by atoms with van der Waals surface area (Å²) in [5, 5.41) is 10.5. The highest BCUT2D eigenvalue weighted by Crippen LogP contribution is 2.36. The summed E-state index contributed by atoms with van der Waals surface area (Å²) in [7, 11) is 0. The third-order valence-corrected chi connectivity index (χ3v) is 4.84. The van der Waals surface area contributed by atoms with Crippen molar-refractivity contribution in [1.82, 2.24) is 10.2 Å². The van der Waals surface area contributed by atoms with Crippen molar-refractivity contribution < 1.29 is 17.9 Å². The SMILES string of the molecule is CC(Sc1nnc(-c2cccs2)o1)c1ccc(OC(F)F)cc1. The van der Waals surface area contributed by atoms with Gasteiger partial charge in [-0.3, -0.25) is 0 Å². The third-order valence-electron chi connectivity index (χ3n) is 2.99. The largest absolute Gasteiger partial charge is 0.435 e. The summed E-state index contributed by atoms with van der Waals surface area (Å²) in [5.74, 6) is 0.633. The van der Waals surface area contributed by atoms with Crippen LogP contribution in [0, 0.1) is 0 Å². The number of nitrogens with zero attached hydrogens (tertiary/aromatic N) is 2. The van der Waals surface area contributed by atoms with Gasteiger partial charge in [-0.15, -0.1) is 21.5 Å². The van der Waals surface area contributed by atoms with Crippen molar-refractivity contribution in [2.45, 2.75) is 24.0 Å². The minimum Gasteiger partial charge on any atom is -0.435 e. The fourth-order valence-corrected chi connectivity index (χ4v) is 3.35. The second-order valence-electron chi connectivity index (χ2n) is 4.56. The first-order chi connectivity index (χ1) is 11.1. The lowest BCUT2D eigenvalue weighted by molar-refractivity contribution is -0.0498. The van der Waals surface area contributed by atoms with Crippen molar-refractivity contribution >= 4 is 23.1 Å². The van der Waals surface area contributed by atoms with Crippen molar-refractivity contribution in [3.8, 4) is 16.5 Å². The Hall–Kier alpha value is -1.93. The zero-order valence-electron chi connectivity index (χ0n) is 12.0. The molecule has 3 rings (SSSR count). The van der Waals surface area contributed by atoms with Crippen LogP contribution in [0.5, 0.6) is 5.75 Å². The van der Waals surface area contributed by atoms with Crippen molar-refractivity contribution in [2.75, 3.05) is 0 Å². The van der Waals surface area contributed by atoms with Gasteiger partial charge in [0.15, 0.2) is 0 Å². The van der Waals surface area contributed by atoms with Crippen LogP contribution >= 0.6 is 23.1 Å². The molecule has 0 spiro atoms. The van der Waals surface area contributed by atoms with Crippen LogP contribution in [-0.2, 0) is 0 Å². The highest BCUT2D eigenvalue weighted by Gasteiger charge is 2.15. The zero-order valence-corrected chi connectivity index (χ0v) is 13.6. The summed E-state index contributed by atoms with van der Waals surface area (Å²) in [6.45, 7) is -0.843. The molecule has 2 aromatic heterocycles. The summed E-state index contributed by atoms with van der Waals surface area (Å²) in [5.41, 5.74) is 0.951. The van der Waals surface area contributed by atoms with Gasteiger partial charge in [0, 0.05) is 5.25 Å². The molecule has 1 aromatic carbocycles. The Labute approximate surface area is 139 Å². The minimum absolute atomic E-state index is 0.0345. The molecule has 2 heterocycles. The van der Waals surface area contributed by atoms with E-state index in [4.69, 9.17) is 4.42 Å². The number of alkyl halides is 2. The predicted molar refractivity (Wildman–Crippen MR) is 85.0 cm³/mol. The number of benzene rings is 1. The first-order valence-electron chi connectivity index (χ1n) is 6.70. The number of thioether (sulfide) groups is 1. The standard InChI is InChI=1S/C15H12F2N2O2S2/c1-9(10-4-6-11(7-5-10)20-14(16)17)23-15-19-18-13(21-15)12-3-2-8-22-12/h2-9,14H,1H3. The van der Waals surface area contributed by atoms with Gasteiger partial charge < -0.3 is 9.15 Å². The maximum Gasteiger partial charge on any atom is 0.387 e. The molecule has 0 aliphatic rings. The number of rotatable bonds is 6. The van der Waals surface area contributed by atoms with Gasteiger partial charge in [0.25, 0.3) is 11.1 Å². The monoisotopic (exact) mass is 354 g/mol. The fraction of sp³-hybridized carbons (Fsp3) is 0.200. The van der Waals surface area contributed by atoms with Gasteiger partial charge in [-0.05, 0) is 36.1 Å². The molecule has 0 amide bonds. The van der Waals surface area contributed by atoms with E-state index in [2.05, 4.69) is 14.9 Å². The van der Waals surface area contributed by atoms with E-state index in [0.717, 1.165) is 10.4 Å². The van der Waals surface area contributed by atoms with Crippen molar-refractivity contribution in [3.63, 3.8) is 0 Å². The van der Waals surface area contributed by atoms with Crippen molar-refractivity contribution in [2.24, 2.45) is 0 Å². The Morgan fingerprint density at radius 3 is 2.61 bits per heavy atom. The fourth-order valence-electron chi connectivity index (χ4n) is 1.90. The maximum absolute atomic E-state index is 12.1. The Balaban J connectivity index is 1.66. The smallest absolute Gasteiger partial charge is 0.387 e. The summed E-state index contributed by atoms with van der Waals surface area (Å²) in [6, 6.07) is 10.4. The molecular weight excluding hydrogens is 342 g/mol. The molecule has 0 aliphatic heterocycles. The molecule has 1 unspecified atom stereocenters. The number of thiophene rings is 1. The van der Waals surface area contributed by atoms with Crippen LogP contribution < -0.4 is 4.74 Å². The third kappa shape index (κ3) is 4.08. The van der Waals surface area contributed by atoms with Crippen LogP contribution in [0.1, 0.15) is 17.7 Å². The van der Waals surface area contributed by atoms with Gasteiger partial charge in [-0.2, -0.15) is 8.78 Å². The van der Waals surface area contributed by atoms with Crippen molar-refractivity contribution in [3.05, 3.63) is 47.3 Å². The van der Waals surface area contributed by atoms with Crippen molar-refractivity contribution in [1.29, 1.82) is 0 Å². The van der Waals surface area contributed by atoms with Gasteiger partial charge in [0.05, 0.1) is 4.88 Å². The number of halogens is 2. The van der Waals surface area contributed by atoms with E-state index in [9.17, 15) is 8.78 Å². The van der Waals surface area contributed by atoms with E-state index >= 15 is 0 Å². The molecule has 0 radical (unpaired) electrons. The number of hydrogen-bond acceptors (Lipinski definition) is 6. The summed E-state index contributed by atoms with van der Waals surface area (Å²) < 4.78 is 34.2. The summed E-state index contributed by atoms with van der Waals surface area (Å²) >= 11 is 2.94. The zero-order chi connectivity index (χ0) is 16.2. The molecule has 3 aromatic rings. The van der Waals surface area contributed by atoms with Crippen LogP contribution in [0.25, 0.3) is 10.8 Å². The molecule has 0 aliphatic carbocycles. The van der Waals surface area contributed by atoms with Gasteiger partial charge >= 0.3 is 6.61 Å². The van der Waals surface area contributed by atoms with Crippen LogP contribution in [0.2, 0.25) is 0 Å². The number of ether oxygens (including phenoxy) is 1. The first-order valence-corrected chi connectivity index (χ1v) is 8.46. The minimum atomic E-state index is -2.82. The molecule has 8 heteroatoms. The number of hydrogen-bond donors (Lipinski definition) is 0. The van der Waals surface area contributed by atoms with E-state index < -0.39 is 6.61 Å². The molecule has 0 bridgehead atoms. The Kier molecular flexibility index (Phi) is 4.92. The topological polar surface area (TPSA) is 48.2 Å². The molecule has 0 saturated carbocycles. The van der Waals surface area contributed by atoms with Crippen LogP contribution in [0.4, 0.5) is 8.78 Å². The highest BCUT2D eigenvalue weighted by atomic mass is 32.2. The van der Waals surface area contributed by atoms with Crippen LogP contribution in [0.3, 0.4) is 0 Å². The average molecular weight is 354 g/mol. The molecule has 0 N–H and O–H groups in total. The number of aromatic nitrogens is 2. The molecular formula is C15H12F2N2O2S2. The molecule has 23 heavy (non-hydrogen) atoms. The molecule has 4 nitrogen and oxygen atoms in total. The summed E-state index contributed by atoms with van der Waals surface area (Å²) in [4.78, 5) is 0.922. The van der Waals surface area contributed by atoms with E-state index in [-0.39, 0.29) is 11.0 Å². The molecule has 0 saturated heterocycles. The van der Waals surface area contributed by atoms with E-state index in [1.165, 1.54) is 35.2 Å². The second kappa shape index (κ2) is 7.10. The van der Waals surface area contributed by atoms with Gasteiger partial charge in [-0.25, -0.2) is 0 Å².